The molecule has 2 atom stereocenters. The first kappa shape index (κ1) is 19.2. The SMILES string of the molecule is CCCC(=O)N=C1SC2CS(=O)(=O)CC2N1c1cccc(C(F)(F)F)c1. The van der Waals surface area contributed by atoms with Crippen LogP contribution in [0.1, 0.15) is 25.3 Å². The van der Waals surface area contributed by atoms with Crippen LogP contribution >= 0.6 is 11.8 Å². The van der Waals surface area contributed by atoms with Crippen LogP contribution in [0.4, 0.5) is 18.9 Å². The predicted molar refractivity (Wildman–Crippen MR) is 95.1 cm³/mol. The Kier molecular flexibility index (Phi) is 5.08. The van der Waals surface area contributed by atoms with Crippen molar-refractivity contribution in [3.05, 3.63) is 29.8 Å². The first-order chi connectivity index (χ1) is 12.1. The second kappa shape index (κ2) is 6.88. The van der Waals surface area contributed by atoms with Crippen molar-refractivity contribution < 1.29 is 26.4 Å². The summed E-state index contributed by atoms with van der Waals surface area (Å²) in [4.78, 5) is 17.4. The Hall–Kier alpha value is -1.55. The van der Waals surface area contributed by atoms with Gasteiger partial charge >= 0.3 is 6.18 Å². The molecule has 1 amide bonds. The van der Waals surface area contributed by atoms with E-state index < -0.39 is 27.6 Å². The van der Waals surface area contributed by atoms with Crippen molar-refractivity contribution in [2.24, 2.45) is 4.99 Å². The maximum Gasteiger partial charge on any atom is 0.416 e. The number of sulfone groups is 1. The Balaban J connectivity index is 2.02. The average Bonchev–Trinajstić information content (AvgIpc) is 2.97. The van der Waals surface area contributed by atoms with Crippen molar-refractivity contribution >= 4 is 38.4 Å². The summed E-state index contributed by atoms with van der Waals surface area (Å²) in [5.74, 6) is -0.601. The predicted octanol–water partition coefficient (Wildman–Crippen LogP) is 3.11. The van der Waals surface area contributed by atoms with Crippen LogP contribution in [0.5, 0.6) is 0 Å². The van der Waals surface area contributed by atoms with E-state index >= 15 is 0 Å². The Morgan fingerprint density at radius 3 is 2.73 bits per heavy atom. The zero-order valence-electron chi connectivity index (χ0n) is 13.9. The number of hydrogen-bond acceptors (Lipinski definition) is 4. The third-order valence-corrected chi connectivity index (χ3v) is 7.41. The number of fused-ring (bicyclic) bond motifs is 1. The second-order valence-electron chi connectivity index (χ2n) is 6.26. The Morgan fingerprint density at radius 1 is 1.35 bits per heavy atom. The Bertz CT molecular complexity index is 853. The lowest BCUT2D eigenvalue weighted by molar-refractivity contribution is -0.137. The monoisotopic (exact) mass is 406 g/mol. The average molecular weight is 406 g/mol. The van der Waals surface area contributed by atoms with Crippen LogP contribution in [0.2, 0.25) is 0 Å². The minimum absolute atomic E-state index is 0.0707. The van der Waals surface area contributed by atoms with E-state index in [1.807, 2.05) is 6.92 Å². The largest absolute Gasteiger partial charge is 0.416 e. The van der Waals surface area contributed by atoms with Gasteiger partial charge in [-0.15, -0.1) is 0 Å². The number of amidine groups is 1. The fraction of sp³-hybridized carbons (Fsp3) is 0.500. The van der Waals surface area contributed by atoms with Gasteiger partial charge in [-0.05, 0) is 24.6 Å². The number of benzene rings is 1. The fourth-order valence-corrected chi connectivity index (χ4v) is 7.01. The van der Waals surface area contributed by atoms with Gasteiger partial charge in [0.05, 0.1) is 23.1 Å². The van der Waals surface area contributed by atoms with Crippen molar-refractivity contribution in [3.8, 4) is 0 Å². The highest BCUT2D eigenvalue weighted by Gasteiger charge is 2.49. The van der Waals surface area contributed by atoms with Gasteiger partial charge in [0, 0.05) is 17.4 Å². The highest BCUT2D eigenvalue weighted by molar-refractivity contribution is 8.16. The number of thioether (sulfide) groups is 1. The van der Waals surface area contributed by atoms with E-state index in [-0.39, 0.29) is 39.9 Å². The molecule has 2 heterocycles. The quantitative estimate of drug-likeness (QED) is 0.772. The van der Waals surface area contributed by atoms with Gasteiger partial charge in [-0.1, -0.05) is 24.8 Å². The smallest absolute Gasteiger partial charge is 0.316 e. The van der Waals surface area contributed by atoms with Gasteiger partial charge in [-0.25, -0.2) is 8.42 Å². The third kappa shape index (κ3) is 3.90. The summed E-state index contributed by atoms with van der Waals surface area (Å²) in [5, 5.41) is -0.0737. The number of anilines is 1. The maximum atomic E-state index is 13.0. The van der Waals surface area contributed by atoms with Crippen molar-refractivity contribution in [2.75, 3.05) is 16.4 Å². The van der Waals surface area contributed by atoms with Crippen LogP contribution in [-0.2, 0) is 20.8 Å². The molecule has 1 aromatic carbocycles. The summed E-state index contributed by atoms with van der Waals surface area (Å²) < 4.78 is 63.1. The van der Waals surface area contributed by atoms with E-state index in [4.69, 9.17) is 0 Å². The first-order valence-corrected chi connectivity index (χ1v) is 10.8. The molecule has 2 aliphatic rings. The van der Waals surface area contributed by atoms with Crippen molar-refractivity contribution in [2.45, 2.75) is 37.2 Å². The second-order valence-corrected chi connectivity index (χ2v) is 9.62. The zero-order valence-corrected chi connectivity index (χ0v) is 15.5. The van der Waals surface area contributed by atoms with Gasteiger partial charge in [0.2, 0.25) is 5.91 Å². The first-order valence-electron chi connectivity index (χ1n) is 8.06. The highest BCUT2D eigenvalue weighted by Crippen LogP contribution is 2.42. The van der Waals surface area contributed by atoms with Crippen LogP contribution in [0.3, 0.4) is 0 Å². The molecule has 142 valence electrons. The lowest BCUT2D eigenvalue weighted by Gasteiger charge is -2.25. The highest BCUT2D eigenvalue weighted by atomic mass is 32.2. The molecule has 0 aromatic heterocycles. The third-order valence-electron chi connectivity index (χ3n) is 4.20. The molecule has 0 aliphatic carbocycles. The minimum atomic E-state index is -4.51. The van der Waals surface area contributed by atoms with Crippen LogP contribution in [0.25, 0.3) is 0 Å². The minimum Gasteiger partial charge on any atom is -0.316 e. The molecular formula is C16H17F3N2O3S2. The fourth-order valence-electron chi connectivity index (χ4n) is 3.07. The number of nitrogens with zero attached hydrogens (tertiary/aromatic N) is 2. The number of carbonyl (C=O) groups excluding carboxylic acids is 1. The van der Waals surface area contributed by atoms with Crippen molar-refractivity contribution in [3.63, 3.8) is 0 Å². The summed E-state index contributed by atoms with van der Waals surface area (Å²) >= 11 is 1.15. The van der Waals surface area contributed by atoms with Crippen LogP contribution in [0.15, 0.2) is 29.3 Å². The number of amides is 1. The van der Waals surface area contributed by atoms with Gasteiger partial charge < -0.3 is 4.90 Å². The summed E-state index contributed by atoms with van der Waals surface area (Å²) in [6.45, 7) is 1.83. The topological polar surface area (TPSA) is 66.8 Å². The Morgan fingerprint density at radius 2 is 2.08 bits per heavy atom. The van der Waals surface area contributed by atoms with E-state index in [1.165, 1.54) is 17.0 Å². The molecule has 2 unspecified atom stereocenters. The number of carbonyl (C=O) groups is 1. The molecule has 5 nitrogen and oxygen atoms in total. The number of halogens is 3. The molecule has 10 heteroatoms. The summed E-state index contributed by atoms with van der Waals surface area (Å²) in [6.07, 6.45) is -3.68. The summed E-state index contributed by atoms with van der Waals surface area (Å²) in [5.41, 5.74) is -0.636. The molecule has 3 rings (SSSR count). The number of rotatable bonds is 3. The molecule has 2 saturated heterocycles. The number of alkyl halides is 3. The van der Waals surface area contributed by atoms with E-state index in [1.54, 1.807) is 0 Å². The van der Waals surface area contributed by atoms with Crippen molar-refractivity contribution in [1.29, 1.82) is 0 Å². The standard InChI is InChI=1S/C16H17F3N2O3S2/c1-2-4-14(22)20-15-21(12-8-26(23,24)9-13(12)25-15)11-6-3-5-10(7-11)16(17,18)19/h3,5-7,12-13H,2,4,8-9H2,1H3. The van der Waals surface area contributed by atoms with Crippen LogP contribution in [-0.4, -0.2) is 42.3 Å². The van der Waals surface area contributed by atoms with Gasteiger partial charge in [0.15, 0.2) is 15.0 Å². The van der Waals surface area contributed by atoms with Crippen molar-refractivity contribution in [1.82, 2.24) is 0 Å². The lowest BCUT2D eigenvalue weighted by atomic mass is 10.1. The molecule has 0 bridgehead atoms. The Labute approximate surface area is 153 Å². The van der Waals surface area contributed by atoms with Gasteiger partial charge in [-0.2, -0.15) is 18.2 Å². The molecule has 0 N–H and O–H groups in total. The summed E-state index contributed by atoms with van der Waals surface area (Å²) in [7, 11) is -3.27. The van der Waals surface area contributed by atoms with Crippen LogP contribution in [0, 0.1) is 0 Å². The van der Waals surface area contributed by atoms with Gasteiger partial charge in [0.25, 0.3) is 0 Å². The number of aliphatic imine (C=N–C) groups is 1. The number of hydrogen-bond donors (Lipinski definition) is 0. The van der Waals surface area contributed by atoms with Gasteiger partial charge in [-0.3, -0.25) is 4.79 Å². The molecule has 0 spiro atoms. The summed E-state index contributed by atoms with van der Waals surface area (Å²) in [6, 6.07) is 4.14. The van der Waals surface area contributed by atoms with Gasteiger partial charge in [0.1, 0.15) is 0 Å². The molecule has 2 fully saturated rings. The van der Waals surface area contributed by atoms with Crippen LogP contribution < -0.4 is 4.90 Å². The molecule has 0 saturated carbocycles. The molecule has 26 heavy (non-hydrogen) atoms. The van der Waals surface area contributed by atoms with E-state index in [2.05, 4.69) is 4.99 Å². The maximum absolute atomic E-state index is 13.0. The lowest BCUT2D eigenvalue weighted by Crippen LogP contribution is -2.37. The van der Waals surface area contributed by atoms with E-state index in [9.17, 15) is 26.4 Å². The molecule has 0 radical (unpaired) electrons. The molecular weight excluding hydrogens is 389 g/mol. The molecule has 2 aliphatic heterocycles. The van der Waals surface area contributed by atoms with E-state index in [0.29, 0.717) is 6.42 Å². The van der Waals surface area contributed by atoms with E-state index in [0.717, 1.165) is 23.9 Å². The molecule has 1 aromatic rings. The zero-order chi connectivity index (χ0) is 19.1. The normalized spacial score (nSPS) is 26.3.